The standard InChI is InChI=1S/C6H8NO/c1-7-4-3-6(5-7)8-2/h3-4H,1-2H3. The molecule has 0 aromatic carbocycles. The first-order chi connectivity index (χ1) is 3.83. The Morgan fingerprint density at radius 2 is 2.50 bits per heavy atom. The zero-order chi connectivity index (χ0) is 5.98. The van der Waals surface area contributed by atoms with Crippen molar-refractivity contribution in [2.75, 3.05) is 7.11 Å². The highest BCUT2D eigenvalue weighted by molar-refractivity contribution is 5.14. The van der Waals surface area contributed by atoms with Gasteiger partial charge in [0.15, 0.2) is 0 Å². The van der Waals surface area contributed by atoms with E-state index in [9.17, 15) is 0 Å². The molecule has 0 aliphatic heterocycles. The second-order valence-electron chi connectivity index (χ2n) is 1.61. The van der Waals surface area contributed by atoms with Gasteiger partial charge in [0.05, 0.1) is 7.11 Å². The number of ether oxygens (including phenoxy) is 1. The zero-order valence-electron chi connectivity index (χ0n) is 5.01. The third-order valence-corrected chi connectivity index (χ3v) is 0.956. The summed E-state index contributed by atoms with van der Waals surface area (Å²) >= 11 is 0. The van der Waals surface area contributed by atoms with Gasteiger partial charge in [0, 0.05) is 13.2 Å². The second kappa shape index (κ2) is 1.90. The maximum absolute atomic E-state index is 4.86. The molecule has 8 heavy (non-hydrogen) atoms. The van der Waals surface area contributed by atoms with Crippen molar-refractivity contribution in [3.8, 4) is 5.75 Å². The van der Waals surface area contributed by atoms with E-state index in [0.29, 0.717) is 0 Å². The number of aryl methyl sites for hydroxylation is 1. The van der Waals surface area contributed by atoms with Gasteiger partial charge in [-0.2, -0.15) is 0 Å². The third-order valence-electron chi connectivity index (χ3n) is 0.956. The van der Waals surface area contributed by atoms with Gasteiger partial charge in [-0.05, 0) is 6.07 Å². The Bertz CT molecular complexity index is 169. The fourth-order valence-corrected chi connectivity index (χ4v) is 0.542. The summed E-state index contributed by atoms with van der Waals surface area (Å²) in [5.74, 6) is 0.785. The van der Waals surface area contributed by atoms with Gasteiger partial charge in [-0.1, -0.05) is 0 Å². The number of nitrogens with zero attached hydrogens (tertiary/aromatic N) is 1. The molecule has 0 spiro atoms. The minimum atomic E-state index is 0.785. The van der Waals surface area contributed by atoms with Crippen LogP contribution in [0.4, 0.5) is 0 Å². The van der Waals surface area contributed by atoms with Gasteiger partial charge in [-0.15, -0.1) is 0 Å². The Hall–Kier alpha value is -0.920. The van der Waals surface area contributed by atoms with Gasteiger partial charge < -0.3 is 9.30 Å². The van der Waals surface area contributed by atoms with Crippen LogP contribution in [0.15, 0.2) is 12.3 Å². The molecule has 0 N–H and O–H groups in total. The molecule has 0 unspecified atom stereocenters. The van der Waals surface area contributed by atoms with E-state index in [1.54, 1.807) is 7.11 Å². The van der Waals surface area contributed by atoms with Gasteiger partial charge in [-0.25, -0.2) is 0 Å². The van der Waals surface area contributed by atoms with Crippen molar-refractivity contribution in [2.45, 2.75) is 0 Å². The molecule has 1 heterocycles. The molecule has 0 saturated carbocycles. The Labute approximate surface area is 48.7 Å². The lowest BCUT2D eigenvalue weighted by Gasteiger charge is -1.87. The first kappa shape index (κ1) is 5.22. The first-order valence-electron chi connectivity index (χ1n) is 2.41. The lowest BCUT2D eigenvalue weighted by Crippen LogP contribution is -1.81. The lowest BCUT2D eigenvalue weighted by atomic mass is 10.6. The molecule has 2 heteroatoms. The molecule has 1 radical (unpaired) electrons. The van der Waals surface area contributed by atoms with E-state index in [1.807, 2.05) is 23.9 Å². The van der Waals surface area contributed by atoms with Crippen molar-refractivity contribution >= 4 is 0 Å². The number of hydrogen-bond donors (Lipinski definition) is 0. The summed E-state index contributed by atoms with van der Waals surface area (Å²) in [7, 11) is 3.54. The predicted octanol–water partition coefficient (Wildman–Crippen LogP) is 0.834. The molecule has 1 aromatic heterocycles. The molecule has 0 aliphatic carbocycles. The maximum atomic E-state index is 4.86. The minimum Gasteiger partial charge on any atom is -0.494 e. The molecular weight excluding hydrogens is 102 g/mol. The van der Waals surface area contributed by atoms with E-state index < -0.39 is 0 Å². The van der Waals surface area contributed by atoms with Crippen molar-refractivity contribution < 1.29 is 4.74 Å². The van der Waals surface area contributed by atoms with Gasteiger partial charge >= 0.3 is 0 Å². The van der Waals surface area contributed by atoms with Crippen molar-refractivity contribution in [1.82, 2.24) is 4.57 Å². The summed E-state index contributed by atoms with van der Waals surface area (Å²) in [6.45, 7) is 0. The Morgan fingerprint density at radius 3 is 2.75 bits per heavy atom. The average Bonchev–Trinajstić information content (AvgIpc) is 2.14. The molecule has 0 amide bonds. The highest BCUT2D eigenvalue weighted by atomic mass is 16.5. The summed E-state index contributed by atoms with van der Waals surface area (Å²) in [5.41, 5.74) is 0. The van der Waals surface area contributed by atoms with E-state index in [0.717, 1.165) is 5.75 Å². The first-order valence-corrected chi connectivity index (χ1v) is 2.41. The largest absolute Gasteiger partial charge is 0.494 e. The van der Waals surface area contributed by atoms with Gasteiger partial charge in [0.25, 0.3) is 0 Å². The lowest BCUT2D eigenvalue weighted by molar-refractivity contribution is 0.413. The van der Waals surface area contributed by atoms with Gasteiger partial charge in [0.2, 0.25) is 0 Å². The summed E-state index contributed by atoms with van der Waals surface area (Å²) < 4.78 is 6.68. The summed E-state index contributed by atoms with van der Waals surface area (Å²) in [4.78, 5) is 0. The van der Waals surface area contributed by atoms with Crippen LogP contribution in [0.25, 0.3) is 0 Å². The fourth-order valence-electron chi connectivity index (χ4n) is 0.542. The number of hydrogen-bond acceptors (Lipinski definition) is 1. The van der Waals surface area contributed by atoms with E-state index in [4.69, 9.17) is 4.74 Å². The Balaban J connectivity index is 2.84. The highest BCUT2D eigenvalue weighted by Gasteiger charge is 1.88. The Morgan fingerprint density at radius 1 is 1.75 bits per heavy atom. The molecule has 1 aromatic rings. The van der Waals surface area contributed by atoms with Crippen LogP contribution in [-0.2, 0) is 7.05 Å². The van der Waals surface area contributed by atoms with E-state index >= 15 is 0 Å². The van der Waals surface area contributed by atoms with Crippen LogP contribution >= 0.6 is 0 Å². The SMILES string of the molecule is COc1[c]n(C)cc1. The number of methoxy groups -OCH3 is 1. The van der Waals surface area contributed by atoms with Crippen molar-refractivity contribution in [1.29, 1.82) is 0 Å². The molecule has 0 atom stereocenters. The van der Waals surface area contributed by atoms with Crippen molar-refractivity contribution in [3.05, 3.63) is 18.5 Å². The summed E-state index contributed by atoms with van der Waals surface area (Å²) in [6, 6.07) is 1.86. The van der Waals surface area contributed by atoms with Crippen LogP contribution in [0.2, 0.25) is 0 Å². The smallest absolute Gasteiger partial charge is 0.146 e. The van der Waals surface area contributed by atoms with Crippen LogP contribution in [0, 0.1) is 6.20 Å². The molecular formula is C6H8NO. The Kier molecular flexibility index (Phi) is 1.24. The predicted molar refractivity (Wildman–Crippen MR) is 30.8 cm³/mol. The van der Waals surface area contributed by atoms with Gasteiger partial charge in [-0.3, -0.25) is 0 Å². The minimum absolute atomic E-state index is 0.785. The van der Waals surface area contributed by atoms with Crippen LogP contribution in [-0.4, -0.2) is 11.7 Å². The van der Waals surface area contributed by atoms with Crippen molar-refractivity contribution in [2.24, 2.45) is 7.05 Å². The van der Waals surface area contributed by atoms with Gasteiger partial charge in [0.1, 0.15) is 11.9 Å². The van der Waals surface area contributed by atoms with E-state index in [-0.39, 0.29) is 0 Å². The fraction of sp³-hybridized carbons (Fsp3) is 0.333. The summed E-state index contributed by atoms with van der Waals surface area (Å²) in [5, 5.41) is 0. The monoisotopic (exact) mass is 110 g/mol. The van der Waals surface area contributed by atoms with Crippen LogP contribution in [0.5, 0.6) is 5.75 Å². The molecule has 0 saturated heterocycles. The van der Waals surface area contributed by atoms with Crippen LogP contribution in [0.1, 0.15) is 0 Å². The molecule has 0 aliphatic rings. The summed E-state index contributed by atoms with van der Waals surface area (Å²) in [6.07, 6.45) is 4.81. The van der Waals surface area contributed by atoms with Crippen LogP contribution in [0.3, 0.4) is 0 Å². The normalized spacial score (nSPS) is 9.25. The molecule has 2 nitrogen and oxygen atoms in total. The quantitative estimate of drug-likeness (QED) is 0.522. The average molecular weight is 110 g/mol. The molecule has 0 fully saturated rings. The van der Waals surface area contributed by atoms with E-state index in [1.165, 1.54) is 0 Å². The third kappa shape index (κ3) is 0.832. The zero-order valence-corrected chi connectivity index (χ0v) is 5.01. The number of aromatic nitrogens is 1. The molecule has 0 bridgehead atoms. The van der Waals surface area contributed by atoms with E-state index in [2.05, 4.69) is 6.20 Å². The number of rotatable bonds is 1. The molecule has 1 rings (SSSR count). The molecule has 43 valence electrons. The van der Waals surface area contributed by atoms with Crippen LogP contribution < -0.4 is 4.74 Å². The van der Waals surface area contributed by atoms with Crippen molar-refractivity contribution in [3.63, 3.8) is 0 Å². The second-order valence-corrected chi connectivity index (χ2v) is 1.61. The maximum Gasteiger partial charge on any atom is 0.146 e. The highest BCUT2D eigenvalue weighted by Crippen LogP contribution is 2.05. The topological polar surface area (TPSA) is 14.2 Å².